The molecule has 0 unspecified atom stereocenters. The fourth-order valence-electron chi connectivity index (χ4n) is 1.82. The molecule has 1 aliphatic rings. The second-order valence-electron chi connectivity index (χ2n) is 4.92. The van der Waals surface area contributed by atoms with Crippen LogP contribution in [-0.2, 0) is 4.79 Å². The summed E-state index contributed by atoms with van der Waals surface area (Å²) < 4.78 is 0. The van der Waals surface area contributed by atoms with Crippen molar-refractivity contribution < 1.29 is 4.79 Å². The summed E-state index contributed by atoms with van der Waals surface area (Å²) in [5.74, 6) is -0.120. The lowest BCUT2D eigenvalue weighted by Crippen LogP contribution is -2.55. The summed E-state index contributed by atoms with van der Waals surface area (Å²) in [4.78, 5) is 15.5. The molecule has 1 rings (SSSR count). The molecule has 0 aromatic carbocycles. The minimum Gasteiger partial charge on any atom is -0.370 e. The number of carbonyl (C=O) groups excluding carboxylic acids is 1. The Labute approximate surface area is 96.7 Å². The maximum atomic E-state index is 11.1. The van der Waals surface area contributed by atoms with Crippen LogP contribution in [0.5, 0.6) is 0 Å². The molecule has 1 saturated carbocycles. The molecule has 0 atom stereocenters. The van der Waals surface area contributed by atoms with Crippen molar-refractivity contribution in [3.63, 3.8) is 0 Å². The van der Waals surface area contributed by atoms with Crippen molar-refractivity contribution in [3.8, 4) is 0 Å². The number of guanidine groups is 1. The average Bonchev–Trinajstić information content (AvgIpc) is 2.17. The van der Waals surface area contributed by atoms with Crippen LogP contribution in [0.15, 0.2) is 4.99 Å². The molecule has 1 fully saturated rings. The van der Waals surface area contributed by atoms with Crippen molar-refractivity contribution >= 4 is 11.9 Å². The molecule has 5 heteroatoms. The van der Waals surface area contributed by atoms with Crippen LogP contribution in [0.25, 0.3) is 0 Å². The van der Waals surface area contributed by atoms with E-state index in [9.17, 15) is 4.79 Å². The van der Waals surface area contributed by atoms with Gasteiger partial charge in [-0.25, -0.2) is 0 Å². The molecule has 0 spiro atoms. The molecule has 0 bridgehead atoms. The van der Waals surface area contributed by atoms with Gasteiger partial charge in [-0.2, -0.15) is 0 Å². The fraction of sp³-hybridized carbons (Fsp3) is 0.818. The summed E-state index contributed by atoms with van der Waals surface area (Å²) in [6.07, 6.45) is 5.87. The number of nitrogens with zero attached hydrogens (tertiary/aromatic N) is 1. The number of rotatable bonds is 3. The molecular formula is C11H22N4O. The SMILES string of the molecule is CC(C)(NC(N)=NC1CCCCC1)C(N)=O. The zero-order valence-corrected chi connectivity index (χ0v) is 10.1. The Morgan fingerprint density at radius 3 is 2.31 bits per heavy atom. The van der Waals surface area contributed by atoms with E-state index in [0.29, 0.717) is 12.0 Å². The van der Waals surface area contributed by atoms with Gasteiger partial charge in [0.05, 0.1) is 6.04 Å². The summed E-state index contributed by atoms with van der Waals surface area (Å²) in [5, 5.41) is 2.86. The highest BCUT2D eigenvalue weighted by atomic mass is 16.1. The molecule has 1 amide bonds. The molecule has 5 nitrogen and oxygen atoms in total. The van der Waals surface area contributed by atoms with Crippen LogP contribution < -0.4 is 16.8 Å². The van der Waals surface area contributed by atoms with Crippen molar-refractivity contribution in [2.45, 2.75) is 57.5 Å². The van der Waals surface area contributed by atoms with Gasteiger partial charge in [0.15, 0.2) is 5.96 Å². The molecule has 0 aromatic heterocycles. The molecule has 0 aromatic rings. The molecule has 16 heavy (non-hydrogen) atoms. The molecule has 0 radical (unpaired) electrons. The van der Waals surface area contributed by atoms with E-state index < -0.39 is 11.4 Å². The first kappa shape index (κ1) is 12.8. The minimum atomic E-state index is -0.845. The number of amides is 1. The lowest BCUT2D eigenvalue weighted by molar-refractivity contribution is -0.122. The van der Waals surface area contributed by atoms with Crippen LogP contribution in [-0.4, -0.2) is 23.4 Å². The Morgan fingerprint density at radius 2 is 1.81 bits per heavy atom. The van der Waals surface area contributed by atoms with E-state index in [2.05, 4.69) is 10.3 Å². The number of carbonyl (C=O) groups is 1. The van der Waals surface area contributed by atoms with Crippen LogP contribution in [0, 0.1) is 0 Å². The number of hydrogen-bond donors (Lipinski definition) is 3. The maximum Gasteiger partial charge on any atom is 0.242 e. The van der Waals surface area contributed by atoms with Gasteiger partial charge in [-0.05, 0) is 26.7 Å². The molecule has 0 saturated heterocycles. The lowest BCUT2D eigenvalue weighted by atomic mass is 9.96. The second kappa shape index (κ2) is 5.18. The molecule has 1 aliphatic carbocycles. The number of aliphatic imine (C=N–C) groups is 1. The Morgan fingerprint density at radius 1 is 1.25 bits per heavy atom. The van der Waals surface area contributed by atoms with Gasteiger partial charge in [0.1, 0.15) is 5.54 Å². The largest absolute Gasteiger partial charge is 0.370 e. The van der Waals surface area contributed by atoms with E-state index in [1.807, 2.05) is 0 Å². The predicted octanol–water partition coefficient (Wildman–Crippen LogP) is 0.487. The molecule has 0 heterocycles. The van der Waals surface area contributed by atoms with Crippen LogP contribution >= 0.6 is 0 Å². The monoisotopic (exact) mass is 226 g/mol. The summed E-state index contributed by atoms with van der Waals surface area (Å²) >= 11 is 0. The molecule has 92 valence electrons. The third-order valence-electron chi connectivity index (χ3n) is 2.95. The van der Waals surface area contributed by atoms with Crippen molar-refractivity contribution in [2.24, 2.45) is 16.5 Å². The minimum absolute atomic E-state index is 0.296. The number of hydrogen-bond acceptors (Lipinski definition) is 2. The Bertz CT molecular complexity index is 280. The zero-order chi connectivity index (χ0) is 12.2. The van der Waals surface area contributed by atoms with E-state index in [1.54, 1.807) is 13.8 Å². The van der Waals surface area contributed by atoms with Crippen LogP contribution in [0.4, 0.5) is 0 Å². The van der Waals surface area contributed by atoms with Gasteiger partial charge in [0.25, 0.3) is 0 Å². The van der Waals surface area contributed by atoms with Crippen LogP contribution in [0.3, 0.4) is 0 Å². The maximum absolute atomic E-state index is 11.1. The highest BCUT2D eigenvalue weighted by Gasteiger charge is 2.25. The van der Waals surface area contributed by atoms with E-state index in [1.165, 1.54) is 19.3 Å². The summed E-state index contributed by atoms with van der Waals surface area (Å²) in [6, 6.07) is 0.296. The van der Waals surface area contributed by atoms with E-state index >= 15 is 0 Å². The molecule has 0 aliphatic heterocycles. The van der Waals surface area contributed by atoms with Crippen LogP contribution in [0.2, 0.25) is 0 Å². The van der Waals surface area contributed by atoms with Gasteiger partial charge in [-0.1, -0.05) is 19.3 Å². The third-order valence-corrected chi connectivity index (χ3v) is 2.95. The molecular weight excluding hydrogens is 204 g/mol. The van der Waals surface area contributed by atoms with E-state index in [-0.39, 0.29) is 0 Å². The normalized spacial score (nSPS) is 19.5. The highest BCUT2D eigenvalue weighted by Crippen LogP contribution is 2.20. The van der Waals surface area contributed by atoms with Crippen molar-refractivity contribution in [1.82, 2.24) is 5.32 Å². The number of nitrogens with one attached hydrogen (secondary N) is 1. The Kier molecular flexibility index (Phi) is 4.15. The first-order valence-electron chi connectivity index (χ1n) is 5.83. The quantitative estimate of drug-likeness (QED) is 0.483. The van der Waals surface area contributed by atoms with E-state index in [0.717, 1.165) is 12.8 Å². The second-order valence-corrected chi connectivity index (χ2v) is 4.92. The topological polar surface area (TPSA) is 93.5 Å². The summed E-state index contributed by atoms with van der Waals surface area (Å²) in [5.41, 5.74) is 10.2. The van der Waals surface area contributed by atoms with E-state index in [4.69, 9.17) is 11.5 Å². The van der Waals surface area contributed by atoms with Gasteiger partial charge < -0.3 is 16.8 Å². The van der Waals surface area contributed by atoms with Crippen molar-refractivity contribution in [1.29, 1.82) is 0 Å². The Balaban J connectivity index is 2.53. The smallest absolute Gasteiger partial charge is 0.242 e. The predicted molar refractivity (Wildman–Crippen MR) is 64.9 cm³/mol. The Hall–Kier alpha value is -1.26. The van der Waals surface area contributed by atoms with Gasteiger partial charge in [-0.3, -0.25) is 9.79 Å². The number of nitrogens with two attached hydrogens (primary N) is 2. The summed E-state index contributed by atoms with van der Waals surface area (Å²) in [7, 11) is 0. The summed E-state index contributed by atoms with van der Waals surface area (Å²) in [6.45, 7) is 3.39. The standard InChI is InChI=1S/C11H22N4O/c1-11(2,9(12)16)15-10(13)14-8-6-4-3-5-7-8/h8H,3-7H2,1-2H3,(H2,12,16)(H3,13,14,15). The van der Waals surface area contributed by atoms with Gasteiger partial charge in [0.2, 0.25) is 5.91 Å². The lowest BCUT2D eigenvalue weighted by Gasteiger charge is -2.24. The van der Waals surface area contributed by atoms with Gasteiger partial charge in [-0.15, -0.1) is 0 Å². The molecule has 5 N–H and O–H groups in total. The first-order valence-corrected chi connectivity index (χ1v) is 5.83. The average molecular weight is 226 g/mol. The zero-order valence-electron chi connectivity index (χ0n) is 10.1. The van der Waals surface area contributed by atoms with Gasteiger partial charge >= 0.3 is 0 Å². The van der Waals surface area contributed by atoms with Crippen LogP contribution in [0.1, 0.15) is 46.0 Å². The third kappa shape index (κ3) is 3.72. The van der Waals surface area contributed by atoms with Crippen molar-refractivity contribution in [2.75, 3.05) is 0 Å². The first-order chi connectivity index (χ1) is 7.42. The highest BCUT2D eigenvalue weighted by molar-refractivity contribution is 5.90. The number of primary amides is 1. The van der Waals surface area contributed by atoms with Crippen molar-refractivity contribution in [3.05, 3.63) is 0 Å². The van der Waals surface area contributed by atoms with Gasteiger partial charge in [0, 0.05) is 0 Å². The fourth-order valence-corrected chi connectivity index (χ4v) is 1.82.